The quantitative estimate of drug-likeness (QED) is 0.879. The van der Waals surface area contributed by atoms with Gasteiger partial charge in [0.25, 0.3) is 0 Å². The minimum absolute atomic E-state index is 0. The molecule has 1 aliphatic heterocycles. The number of hydrogen-bond acceptors (Lipinski definition) is 4. The molecule has 1 fully saturated rings. The highest BCUT2D eigenvalue weighted by molar-refractivity contribution is 5.85. The Hall–Kier alpha value is -0.870. The van der Waals surface area contributed by atoms with Crippen LogP contribution in [0, 0.1) is 0 Å². The lowest BCUT2D eigenvalue weighted by atomic mass is 10.1. The Kier molecular flexibility index (Phi) is 4.96. The minimum Gasteiger partial charge on any atom is -0.461 e. The summed E-state index contributed by atoms with van der Waals surface area (Å²) >= 11 is 0. The molecule has 0 amide bonds. The molecule has 1 unspecified atom stereocenters. The Morgan fingerprint density at radius 3 is 2.94 bits per heavy atom. The van der Waals surface area contributed by atoms with Crippen molar-refractivity contribution in [1.82, 2.24) is 15.3 Å². The molecule has 90 valence electrons. The van der Waals surface area contributed by atoms with Crippen LogP contribution in [0.5, 0.6) is 6.01 Å². The molecule has 4 nitrogen and oxygen atoms in total. The normalized spacial score (nSPS) is 19.6. The third kappa shape index (κ3) is 3.32. The zero-order valence-corrected chi connectivity index (χ0v) is 10.5. The molecule has 16 heavy (non-hydrogen) atoms. The summed E-state index contributed by atoms with van der Waals surface area (Å²) in [7, 11) is 0. The van der Waals surface area contributed by atoms with Crippen LogP contribution >= 0.6 is 12.4 Å². The van der Waals surface area contributed by atoms with Crippen molar-refractivity contribution in [3.05, 3.63) is 18.0 Å². The summed E-state index contributed by atoms with van der Waals surface area (Å²) in [6, 6.07) is 2.47. The molecule has 0 bridgehead atoms. The van der Waals surface area contributed by atoms with E-state index in [9.17, 15) is 0 Å². The Bertz CT molecular complexity index is 327. The second-order valence-corrected chi connectivity index (χ2v) is 4.12. The van der Waals surface area contributed by atoms with Crippen LogP contribution in [0.25, 0.3) is 0 Å². The number of rotatable bonds is 3. The highest BCUT2D eigenvalue weighted by Crippen LogP contribution is 2.21. The second kappa shape index (κ2) is 6.01. The van der Waals surface area contributed by atoms with Crippen LogP contribution in [0.3, 0.4) is 0 Å². The smallest absolute Gasteiger partial charge is 0.316 e. The maximum Gasteiger partial charge on any atom is 0.316 e. The number of hydrogen-bond donors (Lipinski definition) is 1. The van der Waals surface area contributed by atoms with Gasteiger partial charge in [0.05, 0.1) is 11.8 Å². The molecular formula is C11H18ClN3O. The SMILES string of the molecule is CC(C)Oc1nccc(C2CCNC2)n1.Cl. The van der Waals surface area contributed by atoms with Gasteiger partial charge in [-0.2, -0.15) is 4.98 Å². The lowest BCUT2D eigenvalue weighted by molar-refractivity contribution is 0.221. The number of aromatic nitrogens is 2. The topological polar surface area (TPSA) is 47.0 Å². The first-order valence-corrected chi connectivity index (χ1v) is 5.46. The van der Waals surface area contributed by atoms with Crippen molar-refractivity contribution in [1.29, 1.82) is 0 Å². The lowest BCUT2D eigenvalue weighted by Crippen LogP contribution is -2.12. The van der Waals surface area contributed by atoms with E-state index in [4.69, 9.17) is 4.74 Å². The Morgan fingerprint density at radius 2 is 2.31 bits per heavy atom. The molecule has 1 aromatic rings. The first kappa shape index (κ1) is 13.2. The summed E-state index contributed by atoms with van der Waals surface area (Å²) in [5.41, 5.74) is 1.09. The van der Waals surface area contributed by atoms with Gasteiger partial charge in [0.15, 0.2) is 0 Å². The molecule has 1 aromatic heterocycles. The highest BCUT2D eigenvalue weighted by Gasteiger charge is 2.18. The predicted octanol–water partition coefficient (Wildman–Crippen LogP) is 1.76. The highest BCUT2D eigenvalue weighted by atomic mass is 35.5. The van der Waals surface area contributed by atoms with Crippen LogP contribution in [0.1, 0.15) is 31.9 Å². The molecule has 0 spiro atoms. The van der Waals surface area contributed by atoms with E-state index in [-0.39, 0.29) is 18.5 Å². The summed E-state index contributed by atoms with van der Waals surface area (Å²) in [6.07, 6.45) is 3.05. The van der Waals surface area contributed by atoms with Crippen LogP contribution in [0.2, 0.25) is 0 Å². The van der Waals surface area contributed by atoms with Gasteiger partial charge in [0.2, 0.25) is 0 Å². The molecule has 0 saturated carbocycles. The van der Waals surface area contributed by atoms with Crippen LogP contribution in [0.15, 0.2) is 12.3 Å². The van der Waals surface area contributed by atoms with Gasteiger partial charge in [-0.15, -0.1) is 12.4 Å². The Morgan fingerprint density at radius 1 is 1.50 bits per heavy atom. The monoisotopic (exact) mass is 243 g/mol. The molecule has 5 heteroatoms. The molecule has 0 radical (unpaired) electrons. The van der Waals surface area contributed by atoms with Gasteiger partial charge in [0, 0.05) is 18.7 Å². The second-order valence-electron chi connectivity index (χ2n) is 4.12. The molecular weight excluding hydrogens is 226 g/mol. The maximum atomic E-state index is 5.47. The first-order valence-electron chi connectivity index (χ1n) is 5.46. The first-order chi connectivity index (χ1) is 7.25. The van der Waals surface area contributed by atoms with E-state index in [1.807, 2.05) is 19.9 Å². The van der Waals surface area contributed by atoms with Crippen LogP contribution in [-0.4, -0.2) is 29.2 Å². The van der Waals surface area contributed by atoms with Gasteiger partial charge >= 0.3 is 6.01 Å². The minimum atomic E-state index is 0. The maximum absolute atomic E-state index is 5.47. The molecule has 1 N–H and O–H groups in total. The average molecular weight is 244 g/mol. The van der Waals surface area contributed by atoms with Crippen LogP contribution in [0.4, 0.5) is 0 Å². The number of nitrogens with zero attached hydrogens (tertiary/aromatic N) is 2. The van der Waals surface area contributed by atoms with Gasteiger partial charge in [-0.25, -0.2) is 4.98 Å². The van der Waals surface area contributed by atoms with Crippen molar-refractivity contribution in [3.8, 4) is 6.01 Å². The van der Waals surface area contributed by atoms with Crippen molar-refractivity contribution >= 4 is 12.4 Å². The molecule has 2 heterocycles. The molecule has 1 aliphatic rings. The summed E-state index contributed by atoms with van der Waals surface area (Å²) in [5, 5.41) is 3.33. The van der Waals surface area contributed by atoms with Gasteiger partial charge in [-0.3, -0.25) is 0 Å². The third-order valence-electron chi connectivity index (χ3n) is 2.47. The van der Waals surface area contributed by atoms with E-state index in [0.29, 0.717) is 11.9 Å². The molecule has 1 saturated heterocycles. The fourth-order valence-corrected chi connectivity index (χ4v) is 1.76. The predicted molar refractivity (Wildman–Crippen MR) is 65.3 cm³/mol. The Balaban J connectivity index is 0.00000128. The van der Waals surface area contributed by atoms with Crippen molar-refractivity contribution in [3.63, 3.8) is 0 Å². The molecule has 2 rings (SSSR count). The van der Waals surface area contributed by atoms with E-state index in [1.165, 1.54) is 0 Å². The van der Waals surface area contributed by atoms with Gasteiger partial charge in [-0.1, -0.05) is 0 Å². The van der Waals surface area contributed by atoms with Crippen molar-refractivity contribution < 1.29 is 4.74 Å². The van der Waals surface area contributed by atoms with Gasteiger partial charge < -0.3 is 10.1 Å². The average Bonchev–Trinajstić information content (AvgIpc) is 2.69. The van der Waals surface area contributed by atoms with Crippen molar-refractivity contribution in [2.24, 2.45) is 0 Å². The zero-order chi connectivity index (χ0) is 10.7. The standard InChI is InChI=1S/C11H17N3O.ClH/c1-8(2)15-11-13-6-4-10(14-11)9-3-5-12-7-9;/h4,6,8-9,12H,3,5,7H2,1-2H3;1H. The number of nitrogens with one attached hydrogen (secondary N) is 1. The summed E-state index contributed by atoms with van der Waals surface area (Å²) in [4.78, 5) is 8.52. The van der Waals surface area contributed by atoms with Gasteiger partial charge in [0.1, 0.15) is 0 Å². The fraction of sp³-hybridized carbons (Fsp3) is 0.636. The van der Waals surface area contributed by atoms with Crippen LogP contribution in [-0.2, 0) is 0 Å². The van der Waals surface area contributed by atoms with E-state index < -0.39 is 0 Å². The zero-order valence-electron chi connectivity index (χ0n) is 9.64. The number of halogens is 1. The van der Waals surface area contributed by atoms with Crippen molar-refractivity contribution in [2.45, 2.75) is 32.3 Å². The lowest BCUT2D eigenvalue weighted by Gasteiger charge is -2.11. The molecule has 1 atom stereocenters. The Labute approximate surface area is 102 Å². The largest absolute Gasteiger partial charge is 0.461 e. The summed E-state index contributed by atoms with van der Waals surface area (Å²) < 4.78 is 5.47. The third-order valence-corrected chi connectivity index (χ3v) is 2.47. The van der Waals surface area contributed by atoms with E-state index in [2.05, 4.69) is 15.3 Å². The van der Waals surface area contributed by atoms with Gasteiger partial charge in [-0.05, 0) is 32.9 Å². The summed E-state index contributed by atoms with van der Waals surface area (Å²) in [6.45, 7) is 6.05. The number of ether oxygens (including phenoxy) is 1. The molecule has 0 aliphatic carbocycles. The van der Waals surface area contributed by atoms with E-state index in [1.54, 1.807) is 6.20 Å². The fourth-order valence-electron chi connectivity index (χ4n) is 1.76. The van der Waals surface area contributed by atoms with Crippen LogP contribution < -0.4 is 10.1 Å². The molecule has 0 aromatic carbocycles. The van der Waals surface area contributed by atoms with E-state index in [0.717, 1.165) is 25.2 Å². The van der Waals surface area contributed by atoms with Crippen molar-refractivity contribution in [2.75, 3.05) is 13.1 Å². The van der Waals surface area contributed by atoms with E-state index >= 15 is 0 Å². The summed E-state index contributed by atoms with van der Waals surface area (Å²) in [5.74, 6) is 0.516.